The van der Waals surface area contributed by atoms with Crippen molar-refractivity contribution in [2.24, 2.45) is 5.92 Å². The number of Topliss-reactive ketones (excluding diaryl/α,β-unsaturated/α-hetero) is 1. The summed E-state index contributed by atoms with van der Waals surface area (Å²) >= 11 is 0. The smallest absolute Gasteiger partial charge is 0.299 e. The van der Waals surface area contributed by atoms with Gasteiger partial charge in [-0.05, 0) is 67.6 Å². The maximum atomic E-state index is 14.9. The molecule has 1 N–H and O–H groups in total. The molecule has 1 aliphatic carbocycles. The quantitative estimate of drug-likeness (QED) is 0.296. The van der Waals surface area contributed by atoms with Gasteiger partial charge in [0.25, 0.3) is 11.7 Å². The molecule has 2 aliphatic rings. The van der Waals surface area contributed by atoms with E-state index in [1.54, 1.807) is 54.6 Å². The molecular weight excluding hydrogens is 535 g/mol. The third-order valence-electron chi connectivity index (χ3n) is 7.80. The normalized spacial score (nSPS) is 16.6. The number of ketones is 1. The molecule has 1 heterocycles. The summed E-state index contributed by atoms with van der Waals surface area (Å²) in [7, 11) is 3.84. The van der Waals surface area contributed by atoms with Crippen LogP contribution in [0.4, 0.5) is 21.5 Å². The number of benzene rings is 3. The van der Waals surface area contributed by atoms with Gasteiger partial charge in [-0.2, -0.15) is 0 Å². The van der Waals surface area contributed by atoms with Crippen molar-refractivity contribution in [2.45, 2.75) is 31.8 Å². The Morgan fingerprint density at radius 1 is 0.976 bits per heavy atom. The van der Waals surface area contributed by atoms with Crippen LogP contribution in [0.5, 0.6) is 0 Å². The first-order valence-electron chi connectivity index (χ1n) is 14.0. The van der Waals surface area contributed by atoms with Crippen LogP contribution in [0.25, 0.3) is 0 Å². The average Bonchev–Trinajstić information content (AvgIpc) is 3.23. The minimum absolute atomic E-state index is 0.180. The molecular formula is C33H33FN4O4. The van der Waals surface area contributed by atoms with E-state index >= 15 is 0 Å². The van der Waals surface area contributed by atoms with E-state index in [-0.39, 0.29) is 23.6 Å². The van der Waals surface area contributed by atoms with E-state index in [2.05, 4.69) is 5.32 Å². The number of para-hydroxylation sites is 1. The lowest BCUT2D eigenvalue weighted by Crippen LogP contribution is -2.54. The predicted molar refractivity (Wildman–Crippen MR) is 160 cm³/mol. The number of carbonyl (C=O) groups is 4. The van der Waals surface area contributed by atoms with Gasteiger partial charge in [0.05, 0.1) is 11.3 Å². The largest absolute Gasteiger partial charge is 0.378 e. The number of allylic oxidation sites excluding steroid dienone is 2. The van der Waals surface area contributed by atoms with E-state index in [9.17, 15) is 23.6 Å². The van der Waals surface area contributed by atoms with Crippen LogP contribution in [0.3, 0.4) is 0 Å². The lowest BCUT2D eigenvalue weighted by molar-refractivity contribution is -0.140. The zero-order valence-corrected chi connectivity index (χ0v) is 23.6. The molecule has 3 aromatic carbocycles. The number of anilines is 3. The van der Waals surface area contributed by atoms with Crippen molar-refractivity contribution >= 4 is 40.6 Å². The number of hydrogen-bond donors (Lipinski definition) is 1. The standard InChI is InChI=1S/C33H33FN4O4/c1-36(2)25-18-16-24(17-19-25)35-32(41)30(22-10-4-3-5-11-22)38(20-23-12-6-8-14-27(23)34)29(39)21-37-28-15-9-7-13-26(28)31(40)33(37)42/h3-4,6-9,12-19,22,30H,5,10-11,20-21H2,1-2H3,(H,35,41). The van der Waals surface area contributed by atoms with Crippen LogP contribution in [0.2, 0.25) is 0 Å². The van der Waals surface area contributed by atoms with Gasteiger partial charge in [0, 0.05) is 37.6 Å². The average molecular weight is 569 g/mol. The van der Waals surface area contributed by atoms with E-state index in [4.69, 9.17) is 0 Å². The van der Waals surface area contributed by atoms with Crippen LogP contribution >= 0.6 is 0 Å². The number of nitrogens with zero attached hydrogens (tertiary/aromatic N) is 3. The van der Waals surface area contributed by atoms with Gasteiger partial charge in [0.15, 0.2) is 0 Å². The summed E-state index contributed by atoms with van der Waals surface area (Å²) in [5.74, 6) is -3.20. The molecule has 0 spiro atoms. The zero-order chi connectivity index (χ0) is 29.8. The second kappa shape index (κ2) is 12.4. The van der Waals surface area contributed by atoms with Crippen molar-refractivity contribution in [1.29, 1.82) is 0 Å². The van der Waals surface area contributed by atoms with Gasteiger partial charge in [-0.15, -0.1) is 0 Å². The number of hydrogen-bond acceptors (Lipinski definition) is 5. The minimum atomic E-state index is -0.959. The van der Waals surface area contributed by atoms with Crippen molar-refractivity contribution in [3.8, 4) is 0 Å². The molecule has 216 valence electrons. The van der Waals surface area contributed by atoms with E-state index in [1.165, 1.54) is 11.0 Å². The highest BCUT2D eigenvalue weighted by atomic mass is 19.1. The Morgan fingerprint density at radius 2 is 1.69 bits per heavy atom. The maximum absolute atomic E-state index is 14.9. The molecule has 0 fully saturated rings. The molecule has 0 saturated heterocycles. The van der Waals surface area contributed by atoms with Crippen molar-refractivity contribution in [1.82, 2.24) is 4.90 Å². The van der Waals surface area contributed by atoms with Crippen LogP contribution in [0.15, 0.2) is 84.9 Å². The van der Waals surface area contributed by atoms with E-state index in [0.29, 0.717) is 24.2 Å². The molecule has 0 bridgehead atoms. The Morgan fingerprint density at radius 3 is 2.38 bits per heavy atom. The van der Waals surface area contributed by atoms with E-state index in [1.807, 2.05) is 43.3 Å². The van der Waals surface area contributed by atoms with E-state index < -0.39 is 41.9 Å². The van der Waals surface area contributed by atoms with Crippen molar-refractivity contribution in [3.63, 3.8) is 0 Å². The Kier molecular flexibility index (Phi) is 8.47. The fourth-order valence-electron chi connectivity index (χ4n) is 5.56. The number of carbonyl (C=O) groups excluding carboxylic acids is 4. The van der Waals surface area contributed by atoms with Gasteiger partial charge in [0.2, 0.25) is 11.8 Å². The van der Waals surface area contributed by atoms with Gasteiger partial charge < -0.3 is 15.1 Å². The Labute approximate surface area is 244 Å². The molecule has 42 heavy (non-hydrogen) atoms. The van der Waals surface area contributed by atoms with Gasteiger partial charge in [-0.25, -0.2) is 4.39 Å². The molecule has 2 unspecified atom stereocenters. The molecule has 5 rings (SSSR count). The topological polar surface area (TPSA) is 90.0 Å². The van der Waals surface area contributed by atoms with Gasteiger partial charge in [0.1, 0.15) is 18.4 Å². The second-order valence-electron chi connectivity index (χ2n) is 10.8. The first-order valence-corrected chi connectivity index (χ1v) is 14.0. The highest BCUT2D eigenvalue weighted by Crippen LogP contribution is 2.31. The molecule has 8 nitrogen and oxygen atoms in total. The fraction of sp³-hybridized carbons (Fsp3) is 0.273. The molecule has 3 aromatic rings. The van der Waals surface area contributed by atoms with Crippen LogP contribution < -0.4 is 15.1 Å². The maximum Gasteiger partial charge on any atom is 0.299 e. The molecule has 3 amide bonds. The summed E-state index contributed by atoms with van der Waals surface area (Å²) in [5, 5.41) is 2.96. The summed E-state index contributed by atoms with van der Waals surface area (Å²) in [4.78, 5) is 58.1. The highest BCUT2D eigenvalue weighted by Gasteiger charge is 2.41. The number of fused-ring (bicyclic) bond motifs is 1. The number of rotatable bonds is 9. The van der Waals surface area contributed by atoms with Crippen LogP contribution in [-0.4, -0.2) is 55.1 Å². The Bertz CT molecular complexity index is 1540. The van der Waals surface area contributed by atoms with Crippen molar-refractivity contribution in [3.05, 3.63) is 102 Å². The molecule has 1 aliphatic heterocycles. The molecule has 2 atom stereocenters. The third-order valence-corrected chi connectivity index (χ3v) is 7.80. The minimum Gasteiger partial charge on any atom is -0.378 e. The van der Waals surface area contributed by atoms with Crippen LogP contribution in [-0.2, 0) is 20.9 Å². The second-order valence-corrected chi connectivity index (χ2v) is 10.8. The summed E-state index contributed by atoms with van der Waals surface area (Å²) in [5.41, 5.74) is 2.34. The lowest BCUT2D eigenvalue weighted by Gasteiger charge is -2.37. The first-order chi connectivity index (χ1) is 20.2. The number of nitrogens with one attached hydrogen (secondary N) is 1. The summed E-state index contributed by atoms with van der Waals surface area (Å²) in [6, 6.07) is 19.0. The highest BCUT2D eigenvalue weighted by molar-refractivity contribution is 6.52. The molecule has 0 saturated carbocycles. The Balaban J connectivity index is 1.50. The van der Waals surface area contributed by atoms with Gasteiger partial charge >= 0.3 is 0 Å². The van der Waals surface area contributed by atoms with Crippen LogP contribution in [0, 0.1) is 11.7 Å². The monoisotopic (exact) mass is 568 g/mol. The zero-order valence-electron chi connectivity index (χ0n) is 23.6. The van der Waals surface area contributed by atoms with Crippen molar-refractivity contribution < 1.29 is 23.6 Å². The lowest BCUT2D eigenvalue weighted by atomic mass is 9.85. The SMILES string of the molecule is CN(C)c1ccc(NC(=O)C(C2CC=CCC2)N(Cc2ccccc2F)C(=O)CN2C(=O)C(=O)c3ccccc32)cc1. The van der Waals surface area contributed by atoms with Gasteiger partial charge in [-0.1, -0.05) is 42.5 Å². The summed E-state index contributed by atoms with van der Waals surface area (Å²) in [6.07, 6.45) is 5.98. The van der Waals surface area contributed by atoms with Crippen molar-refractivity contribution in [2.75, 3.05) is 35.8 Å². The number of halogens is 1. The molecule has 0 aromatic heterocycles. The third kappa shape index (κ3) is 5.95. The Hall–Kier alpha value is -4.79. The first kappa shape index (κ1) is 28.7. The number of amides is 3. The fourth-order valence-corrected chi connectivity index (χ4v) is 5.56. The predicted octanol–water partition coefficient (Wildman–Crippen LogP) is 4.81. The van der Waals surface area contributed by atoms with Crippen LogP contribution in [0.1, 0.15) is 35.2 Å². The summed E-state index contributed by atoms with van der Waals surface area (Å²) < 4.78 is 14.9. The summed E-state index contributed by atoms with van der Waals surface area (Å²) in [6.45, 7) is -0.638. The molecule has 9 heteroatoms. The molecule has 0 radical (unpaired) electrons. The van der Waals surface area contributed by atoms with Gasteiger partial charge in [-0.3, -0.25) is 24.1 Å². The van der Waals surface area contributed by atoms with E-state index in [0.717, 1.165) is 17.0 Å².